The van der Waals surface area contributed by atoms with Gasteiger partial charge in [0.05, 0.1) is 6.54 Å². The second-order valence-corrected chi connectivity index (χ2v) is 9.98. The Balaban J connectivity index is 2.09. The third kappa shape index (κ3) is 6.81. The number of nitrogen functional groups attached to an aromatic ring is 1. The van der Waals surface area contributed by atoms with E-state index >= 15 is 0 Å². The molecule has 6 nitrogen and oxygen atoms in total. The second-order valence-electron chi connectivity index (χ2n) is 9.98. The number of anilines is 1. The molecule has 2 aromatic carbocycles. The smallest absolute Gasteiger partial charge is 0.407 e. The highest BCUT2D eigenvalue weighted by Gasteiger charge is 2.27. The van der Waals surface area contributed by atoms with Gasteiger partial charge >= 0.3 is 6.09 Å². The molecule has 0 fully saturated rings. The Labute approximate surface area is 185 Å². The van der Waals surface area contributed by atoms with Crippen LogP contribution in [0.25, 0.3) is 0 Å². The Morgan fingerprint density at radius 3 is 1.94 bits per heavy atom. The van der Waals surface area contributed by atoms with Gasteiger partial charge in [0.25, 0.3) is 0 Å². The van der Waals surface area contributed by atoms with Crippen LogP contribution in [0.15, 0.2) is 36.4 Å². The number of amides is 1. The highest BCUT2D eigenvalue weighted by molar-refractivity contribution is 5.65. The van der Waals surface area contributed by atoms with E-state index in [0.717, 1.165) is 16.7 Å². The largest absolute Gasteiger partial charge is 0.507 e. The number of nitrogens with zero attached hydrogens (tertiary/aromatic N) is 1. The number of phenolic OH excluding ortho intramolecular Hbond substituents is 1. The maximum atomic E-state index is 11.7. The van der Waals surface area contributed by atoms with E-state index in [-0.39, 0.29) is 24.0 Å². The lowest BCUT2D eigenvalue weighted by atomic mass is 9.79. The van der Waals surface area contributed by atoms with Crippen molar-refractivity contribution in [3.8, 4) is 11.5 Å². The molecule has 0 spiro atoms. The van der Waals surface area contributed by atoms with Crippen LogP contribution >= 0.6 is 0 Å². The lowest BCUT2D eigenvalue weighted by molar-refractivity contribution is 0.136. The first-order valence-electron chi connectivity index (χ1n) is 10.6. The van der Waals surface area contributed by atoms with Crippen molar-refractivity contribution in [2.24, 2.45) is 0 Å². The van der Waals surface area contributed by atoms with Crippen molar-refractivity contribution < 1.29 is 19.7 Å². The lowest BCUT2D eigenvalue weighted by Gasteiger charge is -2.28. The zero-order valence-corrected chi connectivity index (χ0v) is 19.5. The Morgan fingerprint density at radius 1 is 0.968 bits per heavy atom. The summed E-state index contributed by atoms with van der Waals surface area (Å²) in [6.07, 6.45) is -0.371. The molecule has 0 unspecified atom stereocenters. The van der Waals surface area contributed by atoms with Crippen LogP contribution in [0.5, 0.6) is 11.5 Å². The van der Waals surface area contributed by atoms with E-state index in [1.807, 2.05) is 77.9 Å². The van der Waals surface area contributed by atoms with Gasteiger partial charge in [0.1, 0.15) is 18.1 Å². The van der Waals surface area contributed by atoms with Gasteiger partial charge < -0.3 is 25.6 Å². The Kier molecular flexibility index (Phi) is 7.47. The minimum Gasteiger partial charge on any atom is -0.507 e. The fraction of sp³-hybridized carbons (Fsp3) is 0.480. The van der Waals surface area contributed by atoms with Crippen molar-refractivity contribution in [1.29, 1.82) is 0 Å². The SMILES string of the molecule is CC(C)(C)c1cc(OCCN(CCc2ccc(N)cc2)C(=O)O)cc(C(C)(C)C)c1O. The monoisotopic (exact) mass is 428 g/mol. The predicted molar refractivity (Wildman–Crippen MR) is 125 cm³/mol. The summed E-state index contributed by atoms with van der Waals surface area (Å²) in [5.74, 6) is 0.930. The van der Waals surface area contributed by atoms with Gasteiger partial charge in [-0.1, -0.05) is 53.7 Å². The van der Waals surface area contributed by atoms with E-state index in [1.54, 1.807) is 0 Å². The van der Waals surface area contributed by atoms with Crippen LogP contribution in [0.1, 0.15) is 58.2 Å². The van der Waals surface area contributed by atoms with Crippen molar-refractivity contribution in [3.63, 3.8) is 0 Å². The third-order valence-electron chi connectivity index (χ3n) is 5.25. The van der Waals surface area contributed by atoms with E-state index < -0.39 is 6.09 Å². The molecule has 0 saturated carbocycles. The average Bonchev–Trinajstić information content (AvgIpc) is 2.64. The second kappa shape index (κ2) is 9.50. The molecule has 4 N–H and O–H groups in total. The van der Waals surface area contributed by atoms with Crippen LogP contribution in [0, 0.1) is 0 Å². The number of nitrogens with two attached hydrogens (primary N) is 1. The molecule has 1 amide bonds. The van der Waals surface area contributed by atoms with Crippen LogP contribution < -0.4 is 10.5 Å². The van der Waals surface area contributed by atoms with Gasteiger partial charge in [-0.15, -0.1) is 0 Å². The molecule has 0 heterocycles. The number of aromatic hydroxyl groups is 1. The number of hydrogen-bond acceptors (Lipinski definition) is 4. The summed E-state index contributed by atoms with van der Waals surface area (Å²) in [4.78, 5) is 13.0. The minimum atomic E-state index is -0.976. The van der Waals surface area contributed by atoms with Gasteiger partial charge in [-0.05, 0) is 47.1 Å². The zero-order chi connectivity index (χ0) is 23.4. The van der Waals surface area contributed by atoms with Crippen LogP contribution in [-0.2, 0) is 17.3 Å². The Morgan fingerprint density at radius 2 is 1.48 bits per heavy atom. The van der Waals surface area contributed by atoms with E-state index in [1.165, 1.54) is 4.90 Å². The van der Waals surface area contributed by atoms with E-state index in [4.69, 9.17) is 10.5 Å². The summed E-state index contributed by atoms with van der Waals surface area (Å²) in [6, 6.07) is 11.1. The highest BCUT2D eigenvalue weighted by atomic mass is 16.5. The summed E-state index contributed by atoms with van der Waals surface area (Å²) in [5.41, 5.74) is 8.53. The summed E-state index contributed by atoms with van der Waals surface area (Å²) >= 11 is 0. The standard InChI is InChI=1S/C25H36N2O4/c1-24(2,3)20-15-19(16-21(22(20)28)25(4,5)6)31-14-13-27(23(29)30)12-11-17-7-9-18(26)10-8-17/h7-10,15-16,28H,11-14,26H2,1-6H3,(H,29,30). The molecule has 0 aliphatic carbocycles. The van der Waals surface area contributed by atoms with Crippen LogP contribution in [0.3, 0.4) is 0 Å². The van der Waals surface area contributed by atoms with Crippen molar-refractivity contribution in [2.75, 3.05) is 25.4 Å². The molecule has 2 aromatic rings. The number of benzene rings is 2. The fourth-order valence-corrected chi connectivity index (χ4v) is 3.36. The quantitative estimate of drug-likeness (QED) is 0.529. The Hall–Kier alpha value is -2.89. The first-order chi connectivity index (χ1) is 14.3. The molecule has 170 valence electrons. The highest BCUT2D eigenvalue weighted by Crippen LogP contribution is 2.41. The van der Waals surface area contributed by atoms with Gasteiger partial charge in [-0.2, -0.15) is 0 Å². The average molecular weight is 429 g/mol. The number of ether oxygens (including phenoxy) is 1. The number of hydrogen-bond donors (Lipinski definition) is 3. The molecular weight excluding hydrogens is 392 g/mol. The van der Waals surface area contributed by atoms with Gasteiger partial charge in [-0.3, -0.25) is 0 Å². The van der Waals surface area contributed by atoms with Gasteiger partial charge in [0.2, 0.25) is 0 Å². The fourth-order valence-electron chi connectivity index (χ4n) is 3.36. The topological polar surface area (TPSA) is 96.0 Å². The first kappa shape index (κ1) is 24.4. The molecule has 0 aromatic heterocycles. The molecule has 0 atom stereocenters. The summed E-state index contributed by atoms with van der Waals surface area (Å²) in [6.45, 7) is 13.1. The van der Waals surface area contributed by atoms with E-state index in [2.05, 4.69) is 0 Å². The number of carboxylic acid groups (broad SMARTS) is 1. The first-order valence-corrected chi connectivity index (χ1v) is 10.6. The van der Waals surface area contributed by atoms with E-state index in [9.17, 15) is 15.0 Å². The van der Waals surface area contributed by atoms with Gasteiger partial charge in [0.15, 0.2) is 0 Å². The Bertz CT molecular complexity index is 858. The van der Waals surface area contributed by atoms with Gasteiger partial charge in [-0.25, -0.2) is 4.79 Å². The molecule has 2 rings (SSSR count). The predicted octanol–water partition coefficient (Wildman–Crippen LogP) is 5.17. The molecule has 0 aliphatic heterocycles. The van der Waals surface area contributed by atoms with Crippen molar-refractivity contribution in [2.45, 2.75) is 58.8 Å². The van der Waals surface area contributed by atoms with Crippen LogP contribution in [0.4, 0.5) is 10.5 Å². The zero-order valence-electron chi connectivity index (χ0n) is 19.5. The number of carbonyl (C=O) groups is 1. The molecular formula is C25H36N2O4. The molecule has 31 heavy (non-hydrogen) atoms. The van der Waals surface area contributed by atoms with Crippen molar-refractivity contribution >= 4 is 11.8 Å². The van der Waals surface area contributed by atoms with Crippen molar-refractivity contribution in [3.05, 3.63) is 53.1 Å². The van der Waals surface area contributed by atoms with E-state index in [0.29, 0.717) is 30.2 Å². The van der Waals surface area contributed by atoms with Crippen LogP contribution in [-0.4, -0.2) is 40.9 Å². The normalized spacial score (nSPS) is 11.9. The third-order valence-corrected chi connectivity index (χ3v) is 5.25. The summed E-state index contributed by atoms with van der Waals surface area (Å²) in [5, 5.41) is 20.4. The lowest BCUT2D eigenvalue weighted by Crippen LogP contribution is -2.35. The molecule has 0 aliphatic rings. The summed E-state index contributed by atoms with van der Waals surface area (Å²) < 4.78 is 5.95. The van der Waals surface area contributed by atoms with Crippen LogP contribution in [0.2, 0.25) is 0 Å². The molecule has 0 bridgehead atoms. The number of rotatable bonds is 7. The molecule has 0 radical (unpaired) electrons. The minimum absolute atomic E-state index is 0.228. The maximum absolute atomic E-state index is 11.7. The summed E-state index contributed by atoms with van der Waals surface area (Å²) in [7, 11) is 0. The van der Waals surface area contributed by atoms with Crippen molar-refractivity contribution in [1.82, 2.24) is 4.90 Å². The molecule has 0 saturated heterocycles. The number of phenols is 1. The van der Waals surface area contributed by atoms with Gasteiger partial charge in [0, 0.05) is 23.4 Å². The maximum Gasteiger partial charge on any atom is 0.407 e. The molecule has 6 heteroatoms.